The average molecular weight is 483 g/mol. The molecule has 1 saturated heterocycles. The Hall–Kier alpha value is -2.16. The van der Waals surface area contributed by atoms with Gasteiger partial charge in [0.25, 0.3) is 0 Å². The van der Waals surface area contributed by atoms with Crippen LogP contribution in [-0.2, 0) is 19.2 Å². The summed E-state index contributed by atoms with van der Waals surface area (Å²) in [4.78, 5) is 54.6. The molecule has 1 aliphatic heterocycles. The van der Waals surface area contributed by atoms with E-state index in [-0.39, 0.29) is 29.7 Å². The van der Waals surface area contributed by atoms with Crippen molar-refractivity contribution in [2.24, 2.45) is 17.8 Å². The van der Waals surface area contributed by atoms with E-state index in [1.807, 2.05) is 27.7 Å². The molecular weight excluding hydrogens is 436 g/mol. The molecule has 9 heteroatoms. The van der Waals surface area contributed by atoms with Gasteiger partial charge in [-0.25, -0.2) is 4.79 Å². The zero-order valence-corrected chi connectivity index (χ0v) is 22.3. The van der Waals surface area contributed by atoms with Crippen molar-refractivity contribution in [1.29, 1.82) is 0 Å². The summed E-state index contributed by atoms with van der Waals surface area (Å²) in [6.07, 6.45) is 2.65. The lowest BCUT2D eigenvalue weighted by molar-refractivity contribution is -0.149. The molecule has 0 bridgehead atoms. The van der Waals surface area contributed by atoms with E-state index in [0.717, 1.165) is 6.42 Å². The van der Waals surface area contributed by atoms with Gasteiger partial charge in [0.05, 0.1) is 6.04 Å². The second kappa shape index (κ2) is 13.7. The largest absolute Gasteiger partial charge is 0.480 e. The highest BCUT2D eigenvalue weighted by Gasteiger charge is 2.41. The minimum Gasteiger partial charge on any atom is -0.480 e. The fraction of sp³-hybridized carbons (Fsp3) is 0.840. The number of likely N-dealkylation sites (N-methyl/N-ethyl adjacent to an activating group) is 2. The Labute approximate surface area is 205 Å². The average Bonchev–Trinajstić information content (AvgIpc) is 3.22. The van der Waals surface area contributed by atoms with Gasteiger partial charge in [0.1, 0.15) is 18.1 Å². The monoisotopic (exact) mass is 482 g/mol. The highest BCUT2D eigenvalue weighted by atomic mass is 16.4. The van der Waals surface area contributed by atoms with Crippen LogP contribution in [0.4, 0.5) is 0 Å². The number of carbonyl (C=O) groups excluding carboxylic acids is 3. The predicted molar refractivity (Wildman–Crippen MR) is 132 cm³/mol. The summed E-state index contributed by atoms with van der Waals surface area (Å²) in [5.41, 5.74) is 0. The van der Waals surface area contributed by atoms with Crippen LogP contribution in [-0.4, -0.2) is 83.4 Å². The van der Waals surface area contributed by atoms with Crippen LogP contribution in [0.25, 0.3) is 0 Å². The number of amides is 3. The number of likely N-dealkylation sites (tertiary alicyclic amines) is 1. The van der Waals surface area contributed by atoms with Crippen LogP contribution in [0.15, 0.2) is 0 Å². The molecular formula is C25H46N4O5. The lowest BCUT2D eigenvalue weighted by atomic mass is 9.99. The molecule has 1 rings (SSSR count). The molecule has 9 nitrogen and oxygen atoms in total. The molecule has 34 heavy (non-hydrogen) atoms. The minimum absolute atomic E-state index is 0.0896. The number of aliphatic carboxylic acids is 1. The molecule has 0 aliphatic carbocycles. The van der Waals surface area contributed by atoms with E-state index < -0.39 is 30.0 Å². The van der Waals surface area contributed by atoms with E-state index in [1.165, 1.54) is 4.90 Å². The molecule has 1 fully saturated rings. The van der Waals surface area contributed by atoms with E-state index in [9.17, 15) is 24.3 Å². The zero-order chi connectivity index (χ0) is 26.2. The van der Waals surface area contributed by atoms with Gasteiger partial charge in [-0.15, -0.1) is 0 Å². The van der Waals surface area contributed by atoms with Gasteiger partial charge in [-0.3, -0.25) is 14.4 Å². The molecule has 3 N–H and O–H groups in total. The first-order chi connectivity index (χ1) is 15.8. The van der Waals surface area contributed by atoms with Crippen molar-refractivity contribution in [3.8, 4) is 0 Å². The number of hydrogen-bond acceptors (Lipinski definition) is 5. The van der Waals surface area contributed by atoms with Crippen molar-refractivity contribution in [3.63, 3.8) is 0 Å². The Balaban J connectivity index is 3.07. The molecule has 0 aromatic rings. The number of nitrogens with one attached hydrogen (secondary N) is 2. The summed E-state index contributed by atoms with van der Waals surface area (Å²) in [6.45, 7) is 12.3. The van der Waals surface area contributed by atoms with Gasteiger partial charge < -0.3 is 25.5 Å². The summed E-state index contributed by atoms with van der Waals surface area (Å²) in [5, 5.41) is 15.3. The molecule has 0 spiro atoms. The highest BCUT2D eigenvalue weighted by Crippen LogP contribution is 2.23. The summed E-state index contributed by atoms with van der Waals surface area (Å²) in [7, 11) is 3.33. The number of carbonyl (C=O) groups is 4. The Morgan fingerprint density at radius 1 is 0.941 bits per heavy atom. The maximum absolute atomic E-state index is 13.5. The predicted octanol–water partition coefficient (Wildman–Crippen LogP) is 2.10. The number of hydrogen-bond donors (Lipinski definition) is 3. The number of rotatable bonds is 13. The molecule has 4 atom stereocenters. The van der Waals surface area contributed by atoms with Crippen LogP contribution < -0.4 is 10.6 Å². The van der Waals surface area contributed by atoms with Crippen molar-refractivity contribution in [3.05, 3.63) is 0 Å². The lowest BCUT2D eigenvalue weighted by Gasteiger charge is -2.35. The number of nitrogens with zero attached hydrogens (tertiary/aromatic N) is 2. The van der Waals surface area contributed by atoms with Gasteiger partial charge in [0, 0.05) is 13.6 Å². The van der Waals surface area contributed by atoms with Gasteiger partial charge in [0.15, 0.2) is 0 Å². The summed E-state index contributed by atoms with van der Waals surface area (Å²) >= 11 is 0. The summed E-state index contributed by atoms with van der Waals surface area (Å²) in [6, 6.07) is -2.80. The van der Waals surface area contributed by atoms with Crippen LogP contribution in [0.3, 0.4) is 0 Å². The van der Waals surface area contributed by atoms with Gasteiger partial charge in [-0.1, -0.05) is 41.5 Å². The number of carboxylic acid groups (broad SMARTS) is 1. The smallest absolute Gasteiger partial charge is 0.326 e. The van der Waals surface area contributed by atoms with Crippen molar-refractivity contribution < 1.29 is 24.3 Å². The summed E-state index contributed by atoms with van der Waals surface area (Å²) < 4.78 is 0. The molecule has 0 radical (unpaired) electrons. The van der Waals surface area contributed by atoms with Crippen LogP contribution in [0, 0.1) is 17.8 Å². The molecule has 0 saturated carbocycles. The maximum Gasteiger partial charge on any atom is 0.326 e. The molecule has 1 heterocycles. The van der Waals surface area contributed by atoms with Gasteiger partial charge in [-0.05, 0) is 56.9 Å². The molecule has 0 aromatic heterocycles. The number of carboxylic acids is 1. The van der Waals surface area contributed by atoms with E-state index in [2.05, 4.69) is 24.5 Å². The Kier molecular flexibility index (Phi) is 12.0. The van der Waals surface area contributed by atoms with Gasteiger partial charge in [-0.2, -0.15) is 0 Å². The van der Waals surface area contributed by atoms with E-state index in [0.29, 0.717) is 38.1 Å². The van der Waals surface area contributed by atoms with Crippen molar-refractivity contribution in [1.82, 2.24) is 20.4 Å². The Bertz CT molecular complexity index is 709. The molecule has 3 amide bonds. The fourth-order valence-corrected chi connectivity index (χ4v) is 4.54. The second-order valence-corrected chi connectivity index (χ2v) is 10.8. The van der Waals surface area contributed by atoms with Gasteiger partial charge >= 0.3 is 5.97 Å². The second-order valence-electron chi connectivity index (χ2n) is 10.8. The van der Waals surface area contributed by atoms with E-state index >= 15 is 0 Å². The third kappa shape index (κ3) is 8.56. The SMILES string of the molecule is CN[C@@H](CC(C)C)C(=O)N1CCC[C@@H]1C(=O)N(C)[C@@H](CC(C)C)C(=O)N[C@@H](CC(C)C)C(=O)O. The van der Waals surface area contributed by atoms with Gasteiger partial charge in [0.2, 0.25) is 17.7 Å². The van der Waals surface area contributed by atoms with E-state index in [1.54, 1.807) is 19.0 Å². The lowest BCUT2D eigenvalue weighted by Crippen LogP contribution is -2.57. The van der Waals surface area contributed by atoms with E-state index in [4.69, 9.17) is 0 Å². The summed E-state index contributed by atoms with van der Waals surface area (Å²) in [5.74, 6) is -1.40. The third-order valence-corrected chi connectivity index (χ3v) is 6.31. The van der Waals surface area contributed by atoms with Crippen molar-refractivity contribution in [2.45, 2.75) is 97.8 Å². The Morgan fingerprint density at radius 3 is 1.94 bits per heavy atom. The van der Waals surface area contributed by atoms with Crippen LogP contribution >= 0.6 is 0 Å². The van der Waals surface area contributed by atoms with Crippen molar-refractivity contribution >= 4 is 23.7 Å². The molecule has 0 aromatic carbocycles. The first-order valence-electron chi connectivity index (χ1n) is 12.6. The quantitative estimate of drug-likeness (QED) is 0.370. The van der Waals surface area contributed by atoms with Crippen molar-refractivity contribution in [2.75, 3.05) is 20.6 Å². The maximum atomic E-state index is 13.5. The standard InChI is InChI=1S/C25H46N4O5/c1-15(2)12-18(26-7)23(31)29-11-9-10-20(29)24(32)28(8)21(14-17(5)6)22(30)27-19(25(33)34)13-16(3)4/h15-21,26H,9-14H2,1-8H3,(H,27,30)(H,33,34)/t18-,19-,20+,21-/m0/s1. The normalized spacial score (nSPS) is 18.8. The highest BCUT2D eigenvalue weighted by molar-refractivity contribution is 5.94. The van der Waals surface area contributed by atoms with Crippen LogP contribution in [0.2, 0.25) is 0 Å². The van der Waals surface area contributed by atoms with Crippen LogP contribution in [0.5, 0.6) is 0 Å². The first kappa shape index (κ1) is 29.9. The topological polar surface area (TPSA) is 119 Å². The zero-order valence-electron chi connectivity index (χ0n) is 22.3. The molecule has 0 unspecified atom stereocenters. The minimum atomic E-state index is -1.09. The molecule has 196 valence electrons. The first-order valence-corrected chi connectivity index (χ1v) is 12.6. The fourth-order valence-electron chi connectivity index (χ4n) is 4.54. The molecule has 1 aliphatic rings. The van der Waals surface area contributed by atoms with Crippen LogP contribution in [0.1, 0.15) is 73.6 Å². The third-order valence-electron chi connectivity index (χ3n) is 6.31. The Morgan fingerprint density at radius 2 is 1.47 bits per heavy atom.